The molecule has 0 aromatic heterocycles. The van der Waals surface area contributed by atoms with Crippen molar-refractivity contribution in [2.24, 2.45) is 5.92 Å². The summed E-state index contributed by atoms with van der Waals surface area (Å²) in [5.41, 5.74) is 0.173. The Labute approximate surface area is 103 Å². The van der Waals surface area contributed by atoms with Crippen molar-refractivity contribution in [3.8, 4) is 5.75 Å². The van der Waals surface area contributed by atoms with Gasteiger partial charge in [-0.25, -0.2) is 4.79 Å². The Morgan fingerprint density at radius 2 is 2.17 bits per heavy atom. The van der Waals surface area contributed by atoms with Gasteiger partial charge < -0.3 is 20.3 Å². The second-order valence-electron chi connectivity index (χ2n) is 4.09. The first kappa shape index (κ1) is 12.4. The Morgan fingerprint density at radius 1 is 1.39 bits per heavy atom. The summed E-state index contributed by atoms with van der Waals surface area (Å²) in [5.74, 6) is -1.84. The van der Waals surface area contributed by atoms with Crippen LogP contribution in [0.3, 0.4) is 0 Å². The van der Waals surface area contributed by atoms with E-state index in [0.29, 0.717) is 19.6 Å². The molecule has 1 fully saturated rings. The average Bonchev–Trinajstić information content (AvgIpc) is 2.85. The molecule has 1 atom stereocenters. The van der Waals surface area contributed by atoms with Crippen molar-refractivity contribution in [3.63, 3.8) is 0 Å². The fourth-order valence-corrected chi connectivity index (χ4v) is 1.75. The van der Waals surface area contributed by atoms with E-state index in [4.69, 9.17) is 9.84 Å². The van der Waals surface area contributed by atoms with E-state index in [9.17, 15) is 14.7 Å². The predicted octanol–water partition coefficient (Wildman–Crippen LogP) is 1.07. The minimum Gasteiger partial charge on any atom is -0.506 e. The molecule has 6 nitrogen and oxygen atoms in total. The van der Waals surface area contributed by atoms with E-state index in [1.54, 1.807) is 0 Å². The van der Waals surface area contributed by atoms with Crippen LogP contribution in [0.15, 0.2) is 18.2 Å². The van der Waals surface area contributed by atoms with Crippen LogP contribution < -0.4 is 5.32 Å². The van der Waals surface area contributed by atoms with Crippen molar-refractivity contribution in [3.05, 3.63) is 23.8 Å². The summed E-state index contributed by atoms with van der Waals surface area (Å²) < 4.78 is 5.10. The molecule has 96 valence electrons. The molecule has 0 radical (unpaired) electrons. The molecule has 0 spiro atoms. The number of phenols is 1. The highest BCUT2D eigenvalue weighted by Crippen LogP contribution is 2.25. The summed E-state index contributed by atoms with van der Waals surface area (Å²) >= 11 is 0. The largest absolute Gasteiger partial charge is 0.506 e. The lowest BCUT2D eigenvalue weighted by Crippen LogP contribution is -2.22. The normalized spacial score (nSPS) is 18.6. The molecule has 0 saturated carbocycles. The standard InChI is InChI=1S/C12H13NO5/c14-10-5-7(12(16)17)1-2-9(10)13-11(15)8-3-4-18-6-8/h1-2,5,8,14H,3-4,6H2,(H,13,15)(H,16,17). The summed E-state index contributed by atoms with van der Waals surface area (Å²) in [4.78, 5) is 22.4. The Kier molecular flexibility index (Phi) is 3.47. The molecule has 1 aromatic carbocycles. The molecule has 1 unspecified atom stereocenters. The van der Waals surface area contributed by atoms with Crippen molar-refractivity contribution < 1.29 is 24.5 Å². The third-order valence-electron chi connectivity index (χ3n) is 2.80. The second-order valence-corrected chi connectivity index (χ2v) is 4.09. The van der Waals surface area contributed by atoms with Crippen LogP contribution in [0.1, 0.15) is 16.8 Å². The Morgan fingerprint density at radius 3 is 2.72 bits per heavy atom. The first-order valence-electron chi connectivity index (χ1n) is 5.53. The van der Waals surface area contributed by atoms with Crippen LogP contribution in [-0.2, 0) is 9.53 Å². The molecule has 0 aliphatic carbocycles. The van der Waals surface area contributed by atoms with Gasteiger partial charge in [-0.15, -0.1) is 0 Å². The number of nitrogens with one attached hydrogen (secondary N) is 1. The molecule has 1 aliphatic heterocycles. The van der Waals surface area contributed by atoms with Crippen LogP contribution in [0.4, 0.5) is 5.69 Å². The summed E-state index contributed by atoms with van der Waals surface area (Å²) in [7, 11) is 0. The molecule has 1 aliphatic rings. The lowest BCUT2D eigenvalue weighted by Gasteiger charge is -2.11. The fourth-order valence-electron chi connectivity index (χ4n) is 1.75. The summed E-state index contributed by atoms with van der Waals surface area (Å²) in [6, 6.07) is 3.79. The first-order chi connectivity index (χ1) is 8.58. The first-order valence-corrected chi connectivity index (χ1v) is 5.53. The Bertz CT molecular complexity index is 479. The SMILES string of the molecule is O=C(O)c1ccc(NC(=O)C2CCOC2)c(O)c1. The van der Waals surface area contributed by atoms with Crippen molar-refractivity contribution in [2.45, 2.75) is 6.42 Å². The predicted molar refractivity (Wildman–Crippen MR) is 62.6 cm³/mol. The van der Waals surface area contributed by atoms with Crippen LogP contribution in [0.5, 0.6) is 5.75 Å². The van der Waals surface area contributed by atoms with Crippen LogP contribution in [0, 0.1) is 5.92 Å². The fraction of sp³-hybridized carbons (Fsp3) is 0.333. The van der Waals surface area contributed by atoms with Gasteiger partial charge in [0.25, 0.3) is 0 Å². The molecule has 3 N–H and O–H groups in total. The Hall–Kier alpha value is -2.08. The number of aromatic carboxylic acids is 1. The highest BCUT2D eigenvalue weighted by atomic mass is 16.5. The number of ether oxygens (including phenoxy) is 1. The topological polar surface area (TPSA) is 95.9 Å². The molecular weight excluding hydrogens is 238 g/mol. The van der Waals surface area contributed by atoms with Crippen molar-refractivity contribution >= 4 is 17.6 Å². The second kappa shape index (κ2) is 5.05. The number of anilines is 1. The van der Waals surface area contributed by atoms with E-state index in [2.05, 4.69) is 5.32 Å². The number of carbonyl (C=O) groups is 2. The lowest BCUT2D eigenvalue weighted by molar-refractivity contribution is -0.119. The molecule has 1 saturated heterocycles. The minimum atomic E-state index is -1.13. The monoisotopic (exact) mass is 251 g/mol. The molecule has 18 heavy (non-hydrogen) atoms. The third kappa shape index (κ3) is 2.60. The van der Waals surface area contributed by atoms with Crippen molar-refractivity contribution in [2.75, 3.05) is 18.5 Å². The molecule has 0 bridgehead atoms. The molecule has 1 heterocycles. The van der Waals surface area contributed by atoms with E-state index in [1.165, 1.54) is 12.1 Å². The average molecular weight is 251 g/mol. The number of carbonyl (C=O) groups excluding carboxylic acids is 1. The third-order valence-corrected chi connectivity index (χ3v) is 2.80. The molecule has 1 aromatic rings. The van der Waals surface area contributed by atoms with Gasteiger partial charge in [0.05, 0.1) is 23.8 Å². The number of benzene rings is 1. The molecule has 2 rings (SSSR count). The van der Waals surface area contributed by atoms with Gasteiger partial charge in [-0.1, -0.05) is 0 Å². The van der Waals surface area contributed by atoms with Crippen LogP contribution in [0.2, 0.25) is 0 Å². The highest BCUT2D eigenvalue weighted by Gasteiger charge is 2.24. The van der Waals surface area contributed by atoms with Gasteiger partial charge in [0.1, 0.15) is 5.75 Å². The minimum absolute atomic E-state index is 0.0327. The highest BCUT2D eigenvalue weighted by molar-refractivity contribution is 5.95. The van der Waals surface area contributed by atoms with Gasteiger partial charge >= 0.3 is 5.97 Å². The van der Waals surface area contributed by atoms with Gasteiger partial charge in [0.2, 0.25) is 5.91 Å². The number of rotatable bonds is 3. The van der Waals surface area contributed by atoms with Crippen LogP contribution >= 0.6 is 0 Å². The number of aromatic hydroxyl groups is 1. The lowest BCUT2D eigenvalue weighted by atomic mass is 10.1. The number of carboxylic acid groups (broad SMARTS) is 1. The van der Waals surface area contributed by atoms with Gasteiger partial charge in [0.15, 0.2) is 0 Å². The molecular formula is C12H13NO5. The summed E-state index contributed by atoms with van der Waals surface area (Å²) in [6.07, 6.45) is 0.653. The van der Waals surface area contributed by atoms with Crippen molar-refractivity contribution in [1.29, 1.82) is 0 Å². The number of amides is 1. The smallest absolute Gasteiger partial charge is 0.335 e. The summed E-state index contributed by atoms with van der Waals surface area (Å²) in [6.45, 7) is 0.932. The van der Waals surface area contributed by atoms with Gasteiger partial charge in [-0.2, -0.15) is 0 Å². The number of carboxylic acids is 1. The molecule has 1 amide bonds. The molecule has 6 heteroatoms. The number of phenolic OH excluding ortho intramolecular Hbond substituents is 1. The van der Waals surface area contributed by atoms with E-state index in [1.807, 2.05) is 0 Å². The number of hydrogen-bond acceptors (Lipinski definition) is 4. The van der Waals surface area contributed by atoms with E-state index < -0.39 is 5.97 Å². The van der Waals surface area contributed by atoms with Crippen LogP contribution in [-0.4, -0.2) is 35.3 Å². The maximum Gasteiger partial charge on any atom is 0.335 e. The number of hydrogen-bond donors (Lipinski definition) is 3. The quantitative estimate of drug-likeness (QED) is 0.698. The zero-order valence-corrected chi connectivity index (χ0v) is 9.55. The van der Waals surface area contributed by atoms with E-state index in [-0.39, 0.29) is 28.8 Å². The van der Waals surface area contributed by atoms with Gasteiger partial charge in [0, 0.05) is 6.61 Å². The maximum absolute atomic E-state index is 11.8. The zero-order chi connectivity index (χ0) is 13.1. The zero-order valence-electron chi connectivity index (χ0n) is 9.55. The van der Waals surface area contributed by atoms with Crippen LogP contribution in [0.25, 0.3) is 0 Å². The van der Waals surface area contributed by atoms with E-state index in [0.717, 1.165) is 6.07 Å². The van der Waals surface area contributed by atoms with Gasteiger partial charge in [-0.05, 0) is 24.6 Å². The Balaban J connectivity index is 2.09. The maximum atomic E-state index is 11.8. The van der Waals surface area contributed by atoms with Gasteiger partial charge in [-0.3, -0.25) is 4.79 Å². The van der Waals surface area contributed by atoms with Crippen molar-refractivity contribution in [1.82, 2.24) is 0 Å². The van der Waals surface area contributed by atoms with E-state index >= 15 is 0 Å². The summed E-state index contributed by atoms with van der Waals surface area (Å²) in [5, 5.41) is 20.9.